The molecule has 8 heteroatoms. The quantitative estimate of drug-likeness (QED) is 0.692. The lowest BCUT2D eigenvalue weighted by atomic mass is 10.2. The Bertz CT molecular complexity index is 600. The highest BCUT2D eigenvalue weighted by Gasteiger charge is 2.21. The van der Waals surface area contributed by atoms with Gasteiger partial charge in [0.2, 0.25) is 5.91 Å². The SMILES string of the molecule is O=C(O)C[C@@H](NC(=O)/C=C/c1ccc(Cl)c(Cl)c1)C(=O)O. The summed E-state index contributed by atoms with van der Waals surface area (Å²) in [5, 5.41) is 20.1. The van der Waals surface area contributed by atoms with Gasteiger partial charge in [0, 0.05) is 6.08 Å². The van der Waals surface area contributed by atoms with Crippen LogP contribution in [0.25, 0.3) is 6.08 Å². The molecule has 6 nitrogen and oxygen atoms in total. The van der Waals surface area contributed by atoms with Gasteiger partial charge in [-0.05, 0) is 23.8 Å². The molecular weight excluding hydrogens is 321 g/mol. The number of carboxylic acid groups (broad SMARTS) is 2. The fourth-order valence-corrected chi connectivity index (χ4v) is 1.69. The summed E-state index contributed by atoms with van der Waals surface area (Å²) in [5.74, 6) is -3.47. The van der Waals surface area contributed by atoms with E-state index in [1.165, 1.54) is 12.1 Å². The third-order valence-electron chi connectivity index (χ3n) is 2.36. The largest absolute Gasteiger partial charge is 0.481 e. The fraction of sp³-hybridized carbons (Fsp3) is 0.154. The van der Waals surface area contributed by atoms with E-state index in [0.717, 1.165) is 6.08 Å². The Balaban J connectivity index is 2.70. The summed E-state index contributed by atoms with van der Waals surface area (Å²) in [6, 6.07) is 3.20. The van der Waals surface area contributed by atoms with Crippen molar-refractivity contribution in [3.63, 3.8) is 0 Å². The number of nitrogens with one attached hydrogen (secondary N) is 1. The predicted molar refractivity (Wildman–Crippen MR) is 77.3 cm³/mol. The number of carbonyl (C=O) groups excluding carboxylic acids is 1. The molecule has 0 aliphatic heterocycles. The summed E-state index contributed by atoms with van der Waals surface area (Å²) < 4.78 is 0. The molecule has 0 spiro atoms. The van der Waals surface area contributed by atoms with E-state index in [1.807, 2.05) is 0 Å². The third-order valence-corrected chi connectivity index (χ3v) is 3.10. The zero-order valence-electron chi connectivity index (χ0n) is 10.5. The summed E-state index contributed by atoms with van der Waals surface area (Å²) in [5.41, 5.74) is 0.588. The van der Waals surface area contributed by atoms with E-state index in [4.69, 9.17) is 33.4 Å². The summed E-state index contributed by atoms with van der Waals surface area (Å²) in [4.78, 5) is 32.8. The van der Waals surface area contributed by atoms with Crippen LogP contribution in [-0.2, 0) is 14.4 Å². The van der Waals surface area contributed by atoms with Crippen molar-refractivity contribution < 1.29 is 24.6 Å². The maximum atomic E-state index is 11.6. The van der Waals surface area contributed by atoms with Gasteiger partial charge in [-0.15, -0.1) is 0 Å². The van der Waals surface area contributed by atoms with Crippen LogP contribution in [0.5, 0.6) is 0 Å². The van der Waals surface area contributed by atoms with Gasteiger partial charge in [0.15, 0.2) is 0 Å². The lowest BCUT2D eigenvalue weighted by molar-refractivity contribution is -0.146. The monoisotopic (exact) mass is 331 g/mol. The van der Waals surface area contributed by atoms with E-state index in [2.05, 4.69) is 5.32 Å². The second kappa shape index (κ2) is 7.66. The Hall–Kier alpha value is -2.05. The lowest BCUT2D eigenvalue weighted by Crippen LogP contribution is -2.41. The summed E-state index contributed by atoms with van der Waals surface area (Å²) >= 11 is 11.5. The van der Waals surface area contributed by atoms with Crippen molar-refractivity contribution in [1.82, 2.24) is 5.32 Å². The first-order valence-corrected chi connectivity index (χ1v) is 6.43. The van der Waals surface area contributed by atoms with Gasteiger partial charge >= 0.3 is 11.9 Å². The number of carboxylic acids is 2. The highest BCUT2D eigenvalue weighted by atomic mass is 35.5. The molecule has 1 amide bonds. The molecule has 0 saturated heterocycles. The summed E-state index contributed by atoms with van der Waals surface area (Å²) in [6.07, 6.45) is 1.77. The first-order valence-electron chi connectivity index (χ1n) is 5.68. The number of hydrogen-bond acceptors (Lipinski definition) is 3. The topological polar surface area (TPSA) is 104 Å². The van der Waals surface area contributed by atoms with Crippen LogP contribution in [0.1, 0.15) is 12.0 Å². The van der Waals surface area contributed by atoms with Crippen LogP contribution in [0, 0.1) is 0 Å². The van der Waals surface area contributed by atoms with Crippen molar-refractivity contribution in [1.29, 1.82) is 0 Å². The van der Waals surface area contributed by atoms with Crippen molar-refractivity contribution in [3.8, 4) is 0 Å². The molecule has 0 saturated carbocycles. The molecule has 0 unspecified atom stereocenters. The van der Waals surface area contributed by atoms with Crippen LogP contribution >= 0.6 is 23.2 Å². The van der Waals surface area contributed by atoms with E-state index in [0.29, 0.717) is 15.6 Å². The summed E-state index contributed by atoms with van der Waals surface area (Å²) in [7, 11) is 0. The number of benzene rings is 1. The number of carbonyl (C=O) groups is 3. The zero-order chi connectivity index (χ0) is 16.0. The van der Waals surface area contributed by atoms with Crippen molar-refractivity contribution >= 4 is 47.1 Å². The molecule has 21 heavy (non-hydrogen) atoms. The van der Waals surface area contributed by atoms with E-state index in [1.54, 1.807) is 12.1 Å². The highest BCUT2D eigenvalue weighted by molar-refractivity contribution is 6.42. The second-order valence-electron chi connectivity index (χ2n) is 4.00. The highest BCUT2D eigenvalue weighted by Crippen LogP contribution is 2.23. The predicted octanol–water partition coefficient (Wildman–Crippen LogP) is 2.05. The van der Waals surface area contributed by atoms with Crippen LogP contribution in [0.4, 0.5) is 0 Å². The number of rotatable bonds is 6. The van der Waals surface area contributed by atoms with Crippen molar-refractivity contribution in [3.05, 3.63) is 39.9 Å². The van der Waals surface area contributed by atoms with Gasteiger partial charge in [0.05, 0.1) is 16.5 Å². The average Bonchev–Trinajstić information content (AvgIpc) is 2.38. The molecule has 0 aromatic heterocycles. The van der Waals surface area contributed by atoms with E-state index < -0.39 is 30.3 Å². The first kappa shape index (κ1) is 17.0. The average molecular weight is 332 g/mol. The van der Waals surface area contributed by atoms with E-state index in [-0.39, 0.29) is 0 Å². The van der Waals surface area contributed by atoms with Gasteiger partial charge in [-0.2, -0.15) is 0 Å². The molecule has 0 bridgehead atoms. The Labute approximate surface area is 130 Å². The third kappa shape index (κ3) is 5.85. The Kier molecular flexibility index (Phi) is 6.20. The van der Waals surface area contributed by atoms with Gasteiger partial charge in [0.1, 0.15) is 6.04 Å². The van der Waals surface area contributed by atoms with Crippen LogP contribution in [0.15, 0.2) is 24.3 Å². The summed E-state index contributed by atoms with van der Waals surface area (Å²) in [6.45, 7) is 0. The standard InChI is InChI=1S/C13H11Cl2NO5/c14-8-3-1-7(5-9(8)15)2-4-11(17)16-10(13(20)21)6-12(18)19/h1-5,10H,6H2,(H,16,17)(H,18,19)(H,20,21)/b4-2+/t10-/m1/s1. The van der Waals surface area contributed by atoms with E-state index >= 15 is 0 Å². The van der Waals surface area contributed by atoms with Gasteiger partial charge in [-0.25, -0.2) is 4.79 Å². The van der Waals surface area contributed by atoms with Crippen LogP contribution in [0.2, 0.25) is 10.0 Å². The van der Waals surface area contributed by atoms with Crippen molar-refractivity contribution in [2.75, 3.05) is 0 Å². The number of aliphatic carboxylic acids is 2. The second-order valence-corrected chi connectivity index (χ2v) is 4.82. The molecule has 0 fully saturated rings. The maximum Gasteiger partial charge on any atom is 0.326 e. The van der Waals surface area contributed by atoms with Gasteiger partial charge < -0.3 is 15.5 Å². The molecule has 1 atom stereocenters. The minimum absolute atomic E-state index is 0.313. The lowest BCUT2D eigenvalue weighted by Gasteiger charge is -2.10. The van der Waals surface area contributed by atoms with Gasteiger partial charge in [-0.3, -0.25) is 9.59 Å². The first-order chi connectivity index (χ1) is 9.79. The van der Waals surface area contributed by atoms with Crippen LogP contribution < -0.4 is 5.32 Å². The Morgan fingerprint density at radius 1 is 1.19 bits per heavy atom. The molecule has 112 valence electrons. The van der Waals surface area contributed by atoms with E-state index in [9.17, 15) is 14.4 Å². The fourth-order valence-electron chi connectivity index (χ4n) is 1.38. The zero-order valence-corrected chi connectivity index (χ0v) is 12.1. The Morgan fingerprint density at radius 2 is 1.86 bits per heavy atom. The maximum absolute atomic E-state index is 11.6. The molecular formula is C13H11Cl2NO5. The molecule has 0 aliphatic carbocycles. The number of hydrogen-bond donors (Lipinski definition) is 3. The molecule has 0 radical (unpaired) electrons. The number of amides is 1. The normalized spacial score (nSPS) is 12.1. The van der Waals surface area contributed by atoms with Gasteiger partial charge in [0.25, 0.3) is 0 Å². The molecule has 1 aromatic rings. The minimum atomic E-state index is -1.49. The minimum Gasteiger partial charge on any atom is -0.481 e. The van der Waals surface area contributed by atoms with Crippen molar-refractivity contribution in [2.24, 2.45) is 0 Å². The molecule has 1 rings (SSSR count). The van der Waals surface area contributed by atoms with Crippen molar-refractivity contribution in [2.45, 2.75) is 12.5 Å². The smallest absolute Gasteiger partial charge is 0.326 e. The van der Waals surface area contributed by atoms with Gasteiger partial charge in [-0.1, -0.05) is 29.3 Å². The molecule has 1 aromatic carbocycles. The molecule has 0 aliphatic rings. The van der Waals surface area contributed by atoms with Crippen LogP contribution in [0.3, 0.4) is 0 Å². The number of halogens is 2. The Morgan fingerprint density at radius 3 is 2.38 bits per heavy atom. The molecule has 3 N–H and O–H groups in total. The molecule has 0 heterocycles. The van der Waals surface area contributed by atoms with Crippen LogP contribution in [-0.4, -0.2) is 34.1 Å².